The molecule has 1 aliphatic carbocycles. The summed E-state index contributed by atoms with van der Waals surface area (Å²) in [4.78, 5) is 2.51. The Balaban J connectivity index is 1.22. The zero-order valence-electron chi connectivity index (χ0n) is 28.9. The molecule has 9 aromatic carbocycles. The van der Waals surface area contributed by atoms with E-state index in [0.717, 1.165) is 5.69 Å². The van der Waals surface area contributed by atoms with Gasteiger partial charge in [-0.1, -0.05) is 176 Å². The van der Waals surface area contributed by atoms with E-state index < -0.39 is 5.41 Å². The maximum atomic E-state index is 2.51. The van der Waals surface area contributed by atoms with E-state index in [1.807, 2.05) is 11.3 Å². The molecule has 1 aliphatic rings. The van der Waals surface area contributed by atoms with E-state index in [1.165, 1.54) is 86.5 Å². The molecule has 2 heteroatoms. The van der Waals surface area contributed by atoms with Crippen molar-refractivity contribution in [3.05, 3.63) is 222 Å². The summed E-state index contributed by atoms with van der Waals surface area (Å²) in [7, 11) is 0. The molecule has 0 saturated carbocycles. The second-order valence-corrected chi connectivity index (χ2v) is 15.0. The minimum atomic E-state index is -0.441. The van der Waals surface area contributed by atoms with Crippen LogP contribution in [0.15, 0.2) is 200 Å². The van der Waals surface area contributed by atoms with Gasteiger partial charge in [-0.05, 0) is 73.8 Å². The SMILES string of the molecule is c1ccc(C2(c3ccccc3)c3ccccc3-c3cc(N(c4cccc5ccccc45)c4cccc5c4sc4c6ccccc6ccc54)ccc32)cc1. The monoisotopic (exact) mass is 691 g/mol. The highest BCUT2D eigenvalue weighted by Crippen LogP contribution is 2.57. The molecule has 53 heavy (non-hydrogen) atoms. The molecular formula is C51H33NS. The van der Waals surface area contributed by atoms with E-state index in [9.17, 15) is 0 Å². The second-order valence-electron chi connectivity index (χ2n) is 14.0. The van der Waals surface area contributed by atoms with Crippen molar-refractivity contribution in [2.75, 3.05) is 4.90 Å². The van der Waals surface area contributed by atoms with E-state index in [0.29, 0.717) is 0 Å². The Morgan fingerprint density at radius 3 is 1.72 bits per heavy atom. The van der Waals surface area contributed by atoms with Crippen molar-refractivity contribution in [1.82, 2.24) is 0 Å². The first-order chi connectivity index (χ1) is 26.3. The number of nitrogens with zero attached hydrogens (tertiary/aromatic N) is 1. The van der Waals surface area contributed by atoms with Crippen molar-refractivity contribution in [1.29, 1.82) is 0 Å². The maximum Gasteiger partial charge on any atom is 0.0713 e. The Labute approximate surface area is 312 Å². The molecule has 0 unspecified atom stereocenters. The third-order valence-corrected chi connectivity index (χ3v) is 12.6. The van der Waals surface area contributed by atoms with Crippen LogP contribution in [-0.2, 0) is 5.41 Å². The van der Waals surface area contributed by atoms with Crippen LogP contribution in [0.4, 0.5) is 17.1 Å². The van der Waals surface area contributed by atoms with Gasteiger partial charge in [0.1, 0.15) is 0 Å². The lowest BCUT2D eigenvalue weighted by molar-refractivity contribution is 0.768. The van der Waals surface area contributed by atoms with E-state index >= 15 is 0 Å². The van der Waals surface area contributed by atoms with Crippen LogP contribution in [0.3, 0.4) is 0 Å². The molecule has 1 nitrogen and oxygen atoms in total. The molecule has 10 aromatic rings. The fraction of sp³-hybridized carbons (Fsp3) is 0.0196. The Kier molecular flexibility index (Phi) is 6.71. The van der Waals surface area contributed by atoms with Gasteiger partial charge in [0.25, 0.3) is 0 Å². The zero-order chi connectivity index (χ0) is 34.9. The van der Waals surface area contributed by atoms with Crippen molar-refractivity contribution in [3.63, 3.8) is 0 Å². The molecule has 0 bridgehead atoms. The molecule has 248 valence electrons. The molecule has 0 atom stereocenters. The van der Waals surface area contributed by atoms with Crippen molar-refractivity contribution in [3.8, 4) is 11.1 Å². The number of hydrogen-bond acceptors (Lipinski definition) is 2. The molecule has 0 spiro atoms. The lowest BCUT2D eigenvalue weighted by Crippen LogP contribution is -2.28. The van der Waals surface area contributed by atoms with E-state index in [-0.39, 0.29) is 0 Å². The summed E-state index contributed by atoms with van der Waals surface area (Å²) in [5, 5.41) is 7.63. The lowest BCUT2D eigenvalue weighted by Gasteiger charge is -2.34. The summed E-state index contributed by atoms with van der Waals surface area (Å²) < 4.78 is 2.62. The van der Waals surface area contributed by atoms with Crippen molar-refractivity contribution < 1.29 is 0 Å². The highest BCUT2D eigenvalue weighted by molar-refractivity contribution is 7.27. The van der Waals surface area contributed by atoms with Crippen LogP contribution in [0.1, 0.15) is 22.3 Å². The molecule has 0 radical (unpaired) electrons. The first-order valence-corrected chi connectivity index (χ1v) is 19.1. The molecule has 0 N–H and O–H groups in total. The first-order valence-electron chi connectivity index (χ1n) is 18.3. The van der Waals surface area contributed by atoms with Gasteiger partial charge < -0.3 is 4.90 Å². The van der Waals surface area contributed by atoms with Crippen LogP contribution < -0.4 is 4.90 Å². The fourth-order valence-corrected chi connectivity index (χ4v) is 10.4. The van der Waals surface area contributed by atoms with Crippen LogP contribution in [0.2, 0.25) is 0 Å². The van der Waals surface area contributed by atoms with Crippen LogP contribution in [0.5, 0.6) is 0 Å². The van der Waals surface area contributed by atoms with Gasteiger partial charge in [0.15, 0.2) is 0 Å². The van der Waals surface area contributed by atoms with Gasteiger partial charge in [-0.2, -0.15) is 0 Å². The topological polar surface area (TPSA) is 3.24 Å². The number of hydrogen-bond donors (Lipinski definition) is 0. The largest absolute Gasteiger partial charge is 0.308 e. The minimum Gasteiger partial charge on any atom is -0.308 e. The summed E-state index contributed by atoms with van der Waals surface area (Å²) in [5.41, 5.74) is 10.8. The van der Waals surface area contributed by atoms with Crippen molar-refractivity contribution >= 4 is 70.1 Å². The van der Waals surface area contributed by atoms with Crippen LogP contribution in [-0.4, -0.2) is 0 Å². The highest BCUT2D eigenvalue weighted by Gasteiger charge is 2.46. The standard InChI is InChI=1S/C51H33NS/c1-3-18-36(19-4-1)51(37-20-5-2-6-21-37)45-26-12-11-24-41(45)44-33-38(30-32-46(44)51)52(47-27-13-17-34-15-7-9-22-39(34)47)48-28-14-25-42-43-31-29-35-16-8-10-23-40(35)49(43)53-50(42)48/h1-33H. The van der Waals surface area contributed by atoms with E-state index in [4.69, 9.17) is 0 Å². The van der Waals surface area contributed by atoms with Gasteiger partial charge in [0.2, 0.25) is 0 Å². The van der Waals surface area contributed by atoms with E-state index in [1.54, 1.807) is 0 Å². The number of rotatable bonds is 5. The van der Waals surface area contributed by atoms with Crippen LogP contribution in [0.25, 0.3) is 52.8 Å². The Morgan fingerprint density at radius 2 is 0.925 bits per heavy atom. The predicted molar refractivity (Wildman–Crippen MR) is 226 cm³/mol. The fourth-order valence-electron chi connectivity index (χ4n) is 9.07. The third-order valence-electron chi connectivity index (χ3n) is 11.3. The van der Waals surface area contributed by atoms with Gasteiger partial charge in [-0.3, -0.25) is 0 Å². The summed E-state index contributed by atoms with van der Waals surface area (Å²) in [6.07, 6.45) is 0. The van der Waals surface area contributed by atoms with Crippen molar-refractivity contribution in [2.45, 2.75) is 5.41 Å². The van der Waals surface area contributed by atoms with Gasteiger partial charge in [0.05, 0.1) is 21.5 Å². The molecule has 0 saturated heterocycles. The smallest absolute Gasteiger partial charge is 0.0713 e. The maximum absolute atomic E-state index is 2.51. The third kappa shape index (κ3) is 4.37. The second kappa shape index (κ2) is 11.8. The summed E-state index contributed by atoms with van der Waals surface area (Å²) >= 11 is 1.91. The lowest BCUT2D eigenvalue weighted by atomic mass is 9.68. The van der Waals surface area contributed by atoms with Gasteiger partial charge in [-0.25, -0.2) is 0 Å². The summed E-state index contributed by atoms with van der Waals surface area (Å²) in [6, 6.07) is 74.0. The normalized spacial score (nSPS) is 13.1. The molecule has 1 heterocycles. The molecule has 0 fully saturated rings. The predicted octanol–water partition coefficient (Wildman–Crippen LogP) is 14.2. The van der Waals surface area contributed by atoms with Crippen LogP contribution in [0, 0.1) is 0 Å². The molecule has 11 rings (SSSR count). The number of benzene rings is 9. The first kappa shape index (κ1) is 30.2. The van der Waals surface area contributed by atoms with Gasteiger partial charge in [-0.15, -0.1) is 11.3 Å². The number of fused-ring (bicyclic) bond motifs is 9. The molecule has 0 amide bonds. The van der Waals surface area contributed by atoms with Crippen molar-refractivity contribution in [2.24, 2.45) is 0 Å². The van der Waals surface area contributed by atoms with E-state index in [2.05, 4.69) is 205 Å². The average molecular weight is 692 g/mol. The number of thiophene rings is 1. The zero-order valence-corrected chi connectivity index (χ0v) is 29.7. The Morgan fingerprint density at radius 1 is 0.358 bits per heavy atom. The number of anilines is 3. The summed E-state index contributed by atoms with van der Waals surface area (Å²) in [6.45, 7) is 0. The van der Waals surface area contributed by atoms with Gasteiger partial charge >= 0.3 is 0 Å². The molecular weight excluding hydrogens is 659 g/mol. The molecule has 1 aromatic heterocycles. The van der Waals surface area contributed by atoms with Crippen LogP contribution >= 0.6 is 11.3 Å². The Hall–Kier alpha value is -6.48. The average Bonchev–Trinajstić information content (AvgIpc) is 3.76. The summed E-state index contributed by atoms with van der Waals surface area (Å²) in [5.74, 6) is 0. The highest BCUT2D eigenvalue weighted by atomic mass is 32.1. The molecule has 0 aliphatic heterocycles. The minimum absolute atomic E-state index is 0.441. The van der Waals surface area contributed by atoms with Gasteiger partial charge in [0, 0.05) is 26.5 Å². The Bertz CT molecular complexity index is 2970. The quantitative estimate of drug-likeness (QED) is 0.174.